The normalized spacial score (nSPS) is 12.7. The number of carboxylic acids is 1. The molecule has 0 aromatic carbocycles. The molecule has 0 spiro atoms. The summed E-state index contributed by atoms with van der Waals surface area (Å²) in [5, 5.41) is 8.99. The van der Waals surface area contributed by atoms with Gasteiger partial charge in [0.25, 0.3) is 0 Å². The average Bonchev–Trinajstić information content (AvgIpc) is 0.815. The van der Waals surface area contributed by atoms with Crippen molar-refractivity contribution in [2.24, 2.45) is 0 Å². The van der Waals surface area contributed by atoms with Gasteiger partial charge in [-0.1, -0.05) is 147 Å². The van der Waals surface area contributed by atoms with Crippen LogP contribution < -0.4 is 0 Å². The SMILES string of the molecule is C.C.C.C.C.C.C.C.C.C.C.C.C.C.C.C.C.C.CO[Si](C)(C)CC[Si](C)(C)O[Si](C)(C)C.C[Si](C)(C)O[Si](C)(C)O[Si](C)(CCCC(=O)O)O[Si](C)(C)O[Si](C)(C)C.C[Si](C)(C)O[Si](C)(C)O[Si](C)(CCCP(=O)(O)O)O[Si](C)(C)O[Si](C)(C)C.C[Si](C)(C)O[Si](C)(C)O[Si](C)(CCCS)O[Si](C)(C)O[Si](C)(C)C.C[Si](C)(Cl)CC[Si](C)(C)O[Si](C)(C)C. The van der Waals surface area contributed by atoms with E-state index in [1.165, 1.54) is 24.2 Å². The van der Waals surface area contributed by atoms with Crippen LogP contribution in [0.15, 0.2) is 0 Å². The van der Waals surface area contributed by atoms with E-state index in [0.717, 1.165) is 18.2 Å². The zero-order valence-corrected chi connectivity index (χ0v) is 101. The summed E-state index contributed by atoms with van der Waals surface area (Å²) in [4.78, 5) is 29.4. The molecule has 44 heteroatoms. The van der Waals surface area contributed by atoms with Crippen molar-refractivity contribution in [3.63, 3.8) is 0 Å². The minimum Gasteiger partial charge on any atom is -0.481 e. The number of carbonyl (C=O) groups is 1. The number of rotatable bonds is 46. The van der Waals surface area contributed by atoms with E-state index in [1.807, 2.05) is 46.4 Å². The minimum absolute atomic E-state index is 0. The van der Waals surface area contributed by atoms with E-state index in [0.29, 0.717) is 24.9 Å². The first-order chi connectivity index (χ1) is 45.6. The monoisotopic (exact) mass is 2210 g/mol. The maximum atomic E-state index is 11.3. The quantitative estimate of drug-likeness (QED) is 0.0192. The number of hydrogen-bond donors (Lipinski definition) is 4. The van der Waals surface area contributed by atoms with Gasteiger partial charge >= 0.3 is 90.6 Å². The van der Waals surface area contributed by atoms with Crippen LogP contribution in [-0.2, 0) is 71.4 Å². The predicted molar refractivity (Wildman–Crippen MR) is 636 cm³/mol. The first kappa shape index (κ1) is 187. The van der Waals surface area contributed by atoms with E-state index in [9.17, 15) is 19.1 Å². The lowest BCUT2D eigenvalue weighted by Gasteiger charge is -2.43. The molecule has 0 radical (unpaired) electrons. The predicted octanol–water partition coefficient (Wildman–Crippen LogP) is 35.2. The molecular weight excluding hydrogens is 1970 g/mol. The Morgan fingerprint density at radius 1 is 0.266 bits per heavy atom. The zero-order valence-electron chi connectivity index (χ0n) is 77.7. The number of hydrogen-bond acceptors (Lipinski definition) is 18. The fourth-order valence-corrected chi connectivity index (χ4v) is 109. The summed E-state index contributed by atoms with van der Waals surface area (Å²) in [6.07, 6.45) is 1.88. The van der Waals surface area contributed by atoms with Crippen molar-refractivity contribution in [2.75, 3.05) is 19.0 Å². The molecule has 0 aliphatic heterocycles. The molecule has 0 amide bonds. The van der Waals surface area contributed by atoms with Gasteiger partial charge in [0.05, 0.1) is 0 Å². The molecule has 0 rings (SSSR count). The molecule has 124 heavy (non-hydrogen) atoms. The van der Waals surface area contributed by atoms with Gasteiger partial charge in [-0.25, -0.2) is 0 Å². The summed E-state index contributed by atoms with van der Waals surface area (Å²) in [7, 11) is -42.8. The lowest BCUT2D eigenvalue weighted by atomic mass is 10.3. The van der Waals surface area contributed by atoms with Crippen molar-refractivity contribution >= 4 is 213 Å². The highest BCUT2D eigenvalue weighted by Crippen LogP contribution is 2.39. The van der Waals surface area contributed by atoms with E-state index >= 15 is 0 Å². The van der Waals surface area contributed by atoms with Crippen LogP contribution in [0.25, 0.3) is 0 Å². The van der Waals surface area contributed by atoms with Gasteiger partial charge < -0.3 is 76.9 Å². The second kappa shape index (κ2) is 72.5. The fourth-order valence-electron chi connectivity index (χ4n) is 12.7. The minimum atomic E-state index is -4.04. The van der Waals surface area contributed by atoms with E-state index in [2.05, 4.69) is 281 Å². The van der Waals surface area contributed by atoms with Crippen molar-refractivity contribution in [1.82, 2.24) is 0 Å². The topological polar surface area (TPSA) is 233 Å². The second-order valence-corrected chi connectivity index (χ2v) is 134. The second-order valence-electron chi connectivity index (χ2n) is 41.9. The molecule has 0 aromatic rings. The third kappa shape index (κ3) is 126. The van der Waals surface area contributed by atoms with Crippen molar-refractivity contribution in [3.8, 4) is 0 Å². The van der Waals surface area contributed by atoms with Gasteiger partial charge in [-0.3, -0.25) is 9.36 Å². The Balaban J connectivity index is -0.0000000481. The Morgan fingerprint density at radius 2 is 0.435 bits per heavy atom. The molecule has 0 aromatic heterocycles. The van der Waals surface area contributed by atoms with E-state index in [1.54, 1.807) is 0 Å². The molecule has 0 heterocycles. The van der Waals surface area contributed by atoms with Crippen LogP contribution in [0.3, 0.4) is 0 Å². The van der Waals surface area contributed by atoms with Gasteiger partial charge in [0.2, 0.25) is 0 Å². The lowest BCUT2D eigenvalue weighted by molar-refractivity contribution is -0.137. The summed E-state index contributed by atoms with van der Waals surface area (Å²) < 4.78 is 107. The molecule has 0 aliphatic carbocycles. The van der Waals surface area contributed by atoms with Crippen molar-refractivity contribution in [1.29, 1.82) is 0 Å². The molecule has 0 unspecified atom stereocenters. The summed E-state index contributed by atoms with van der Waals surface area (Å²) in [5.41, 5.74) is 0. The number of thiol groups is 1. The van der Waals surface area contributed by atoms with E-state index in [4.69, 9.17) is 78.2 Å². The number of carboxylic acid groups (broad SMARTS) is 1. The fraction of sp³-hybridized carbons (Fsp3) is 0.988. The van der Waals surface area contributed by atoms with Crippen molar-refractivity contribution in [2.45, 2.75) is 509 Å². The highest BCUT2D eigenvalue weighted by atomic mass is 35.6. The van der Waals surface area contributed by atoms with Crippen molar-refractivity contribution < 1.29 is 86.3 Å². The van der Waals surface area contributed by atoms with Gasteiger partial charge in [0.1, 0.15) is 7.38 Å². The Morgan fingerprint density at radius 3 is 0.589 bits per heavy atom. The van der Waals surface area contributed by atoms with E-state index in [-0.39, 0.29) is 146 Å². The van der Waals surface area contributed by atoms with Crippen LogP contribution in [-0.4, -0.2) is 216 Å². The molecule has 20 nitrogen and oxygen atoms in total. The molecule has 788 valence electrons. The zero-order chi connectivity index (χ0) is 86.4. The van der Waals surface area contributed by atoms with Crippen LogP contribution >= 0.6 is 31.3 Å². The van der Waals surface area contributed by atoms with Crippen LogP contribution in [0, 0.1) is 0 Å². The number of halogens is 1. The lowest BCUT2D eigenvalue weighted by Crippen LogP contribution is -2.59. The molecule has 0 saturated heterocycles. The van der Waals surface area contributed by atoms with Crippen LogP contribution in [0.2, 0.25) is 350 Å². The maximum Gasteiger partial charge on any atom is 0.325 e. The standard InChI is InChI=1S/C15H40O6Si5.C14H41O7PSi5.C14H40O4SSi5.C10H28O2Si3.C9H25ClOSi3.18CH4/c1-22(2,3)18-24(7,8)20-26(11,14-12-13-15(16)17)21-25(9,10)19-23(4,5)6;1-23(2,3)18-25(7,8)20-27(11,14-12-13-22(15,16)17)21-26(9,10)19-24(4,5)6;1-20(2,3)15-22(7,8)17-24(11,14-12-13-19)18-23(9,10)16-21(4,5)6;1-11-14(5,6)9-10-15(7,8)12-13(2,3)4;1-12(2,3)11-14(6,7)9-8-13(4,5)10;;;;;;;;;;;;;;;;;;/h12-14H2,1-11H3,(H,16,17);12-14H2,1-11H3,(H2,15,16,17);19H,12-14H2,1-11H3;9-10H2,1-8H3;8-9H2,1-7H3;18*1H4. The third-order valence-electron chi connectivity index (χ3n) is 13.3. The van der Waals surface area contributed by atoms with Crippen molar-refractivity contribution in [3.05, 3.63) is 0 Å². The summed E-state index contributed by atoms with van der Waals surface area (Å²) in [6, 6.07) is 6.97. The smallest absolute Gasteiger partial charge is 0.325 e. The Labute approximate surface area is 820 Å². The third-order valence-corrected chi connectivity index (χ3v) is 84.8. The largest absolute Gasteiger partial charge is 0.481 e. The molecule has 0 atom stereocenters. The summed E-state index contributed by atoms with van der Waals surface area (Å²) in [6.45, 7) is 102. The molecule has 3 N–H and O–H groups in total. The number of aliphatic carboxylic acids is 1. The first-order valence-electron chi connectivity index (χ1n) is 38.5. The summed E-state index contributed by atoms with van der Waals surface area (Å²) in [5.74, 6) is 0.0642. The Hall–Kier alpha value is 4.21. The van der Waals surface area contributed by atoms with Gasteiger partial charge in [-0.15, -0.1) is 0 Å². The highest BCUT2D eigenvalue weighted by Gasteiger charge is 2.51. The van der Waals surface area contributed by atoms with Gasteiger partial charge in [0, 0.05) is 19.7 Å². The van der Waals surface area contributed by atoms with Gasteiger partial charge in [-0.2, -0.15) is 23.7 Å². The highest BCUT2D eigenvalue weighted by molar-refractivity contribution is 7.80. The van der Waals surface area contributed by atoms with Crippen LogP contribution in [0.4, 0.5) is 0 Å². The Bertz CT molecular complexity index is 2460. The van der Waals surface area contributed by atoms with Gasteiger partial charge in [0.15, 0.2) is 91.5 Å². The van der Waals surface area contributed by atoms with Crippen LogP contribution in [0.5, 0.6) is 0 Å². The molecule has 0 aliphatic rings. The average molecular weight is 2220 g/mol. The molecule has 0 fully saturated rings. The van der Waals surface area contributed by atoms with Crippen LogP contribution in [0.1, 0.15) is 159 Å². The Kier molecular flexibility index (Phi) is 110. The molecule has 0 bridgehead atoms. The van der Waals surface area contributed by atoms with Gasteiger partial charge in [-0.05, 0) is 362 Å². The van der Waals surface area contributed by atoms with E-state index < -0.39 is 189 Å². The molecular formula is C80H246ClO20PSSi21. The first-order valence-corrected chi connectivity index (χ1v) is 106. The summed E-state index contributed by atoms with van der Waals surface area (Å²) >= 11 is 10.7. The molecule has 0 saturated carbocycles. The maximum absolute atomic E-state index is 11.3.